The number of benzene rings is 1. The van der Waals surface area contributed by atoms with Crippen molar-refractivity contribution in [2.75, 3.05) is 31.5 Å². The maximum absolute atomic E-state index is 12.8. The van der Waals surface area contributed by atoms with Crippen LogP contribution in [0.1, 0.15) is 25.3 Å². The van der Waals surface area contributed by atoms with Gasteiger partial charge in [0.2, 0.25) is 0 Å². The third-order valence-corrected chi connectivity index (χ3v) is 6.45. The van der Waals surface area contributed by atoms with E-state index in [1.165, 1.54) is 36.1 Å². The van der Waals surface area contributed by atoms with Gasteiger partial charge in [-0.25, -0.2) is 0 Å². The minimum absolute atomic E-state index is 0.173. The molecule has 1 aromatic heterocycles. The molecule has 0 radical (unpaired) electrons. The van der Waals surface area contributed by atoms with Gasteiger partial charge in [0.25, 0.3) is 11.5 Å². The summed E-state index contributed by atoms with van der Waals surface area (Å²) >= 11 is 1.08. The number of rotatable bonds is 8. The fraction of sp³-hybridized carbons (Fsp3) is 0.391. The zero-order valence-electron chi connectivity index (χ0n) is 18.1. The fourth-order valence-electron chi connectivity index (χ4n) is 3.66. The minimum atomic E-state index is -0.664. The van der Waals surface area contributed by atoms with Crippen molar-refractivity contribution in [2.45, 2.75) is 32.7 Å². The number of carbonyl (C=O) groups excluding carboxylic acids is 1. The summed E-state index contributed by atoms with van der Waals surface area (Å²) in [7, 11) is 0. The zero-order chi connectivity index (χ0) is 22.9. The Labute approximate surface area is 190 Å². The van der Waals surface area contributed by atoms with Crippen LogP contribution in [0.5, 0.6) is 0 Å². The first kappa shape index (κ1) is 23.3. The summed E-state index contributed by atoms with van der Waals surface area (Å²) in [4.78, 5) is 27.5. The first-order valence-electron chi connectivity index (χ1n) is 10.6. The summed E-state index contributed by atoms with van der Waals surface area (Å²) in [6, 6.07) is 11.8. The van der Waals surface area contributed by atoms with Gasteiger partial charge in [-0.1, -0.05) is 12.1 Å². The third kappa shape index (κ3) is 5.64. The molecule has 3 rings (SSSR count). The molecule has 2 aromatic rings. The van der Waals surface area contributed by atoms with Crippen LogP contribution >= 0.6 is 11.3 Å². The number of anilines is 1. The van der Waals surface area contributed by atoms with Crippen molar-refractivity contribution in [3.8, 4) is 12.1 Å². The van der Waals surface area contributed by atoms with Crippen molar-refractivity contribution in [1.29, 1.82) is 10.5 Å². The number of amides is 1. The van der Waals surface area contributed by atoms with Crippen LogP contribution in [0.3, 0.4) is 0 Å². The molecular formula is C23H26N6O2S. The van der Waals surface area contributed by atoms with Crippen LogP contribution in [0.25, 0.3) is 11.8 Å². The number of nitrogens with one attached hydrogen (secondary N) is 2. The molecule has 166 valence electrons. The van der Waals surface area contributed by atoms with E-state index in [1.54, 1.807) is 19.2 Å². The highest BCUT2D eigenvalue weighted by Crippen LogP contribution is 2.13. The van der Waals surface area contributed by atoms with Crippen molar-refractivity contribution < 1.29 is 4.79 Å². The first-order chi connectivity index (χ1) is 15.6. The number of thiazole rings is 1. The maximum Gasteiger partial charge on any atom is 0.270 e. The third-order valence-electron chi connectivity index (χ3n) is 5.32. The molecule has 2 heterocycles. The Morgan fingerprint density at radius 3 is 2.75 bits per heavy atom. The van der Waals surface area contributed by atoms with Crippen LogP contribution in [-0.2, 0) is 17.8 Å². The number of aromatic nitrogens is 1. The second-order valence-electron chi connectivity index (χ2n) is 7.44. The molecule has 1 saturated heterocycles. The Morgan fingerprint density at radius 2 is 2.06 bits per heavy atom. The molecule has 1 aliphatic heterocycles. The standard InChI is InChI=1S/C23H26N6O2S/c1-2-29-22(31)20(32-23(29)19(15-25)21(30)26-10-9-24)16-27-18-7-5-6-17(14-18)8-13-28-11-3-4-12-28/h5-7,14,16,27H,2-4,8,10-13H2,1H3,(H,26,30)/b20-16+,23-19-. The summed E-state index contributed by atoms with van der Waals surface area (Å²) in [5, 5.41) is 23.7. The molecule has 0 saturated carbocycles. The van der Waals surface area contributed by atoms with Crippen LogP contribution in [-0.4, -0.2) is 41.6 Å². The lowest BCUT2D eigenvalue weighted by Gasteiger charge is -2.14. The minimum Gasteiger partial charge on any atom is -0.360 e. The summed E-state index contributed by atoms with van der Waals surface area (Å²) < 4.78 is 2.07. The molecule has 1 aliphatic rings. The quantitative estimate of drug-likeness (QED) is 0.573. The van der Waals surface area contributed by atoms with E-state index in [2.05, 4.69) is 27.7 Å². The molecule has 8 nitrogen and oxygen atoms in total. The molecular weight excluding hydrogens is 424 g/mol. The smallest absolute Gasteiger partial charge is 0.270 e. The van der Waals surface area contributed by atoms with Gasteiger partial charge in [-0.3, -0.25) is 14.2 Å². The Balaban J connectivity index is 1.85. The van der Waals surface area contributed by atoms with E-state index in [1.807, 2.05) is 18.2 Å². The Kier molecular flexibility index (Phi) is 8.20. The van der Waals surface area contributed by atoms with Gasteiger partial charge in [0.15, 0.2) is 5.57 Å². The van der Waals surface area contributed by atoms with E-state index in [9.17, 15) is 14.9 Å². The molecule has 2 N–H and O–H groups in total. The molecule has 32 heavy (non-hydrogen) atoms. The van der Waals surface area contributed by atoms with E-state index in [4.69, 9.17) is 5.26 Å². The van der Waals surface area contributed by atoms with Crippen LogP contribution in [0.4, 0.5) is 5.69 Å². The number of hydrogen-bond donors (Lipinski definition) is 2. The highest BCUT2D eigenvalue weighted by Gasteiger charge is 2.15. The molecule has 9 heteroatoms. The topological polar surface area (TPSA) is 114 Å². The van der Waals surface area contributed by atoms with Crippen molar-refractivity contribution in [3.05, 3.63) is 49.4 Å². The lowest BCUT2D eigenvalue weighted by atomic mass is 10.1. The van der Waals surface area contributed by atoms with Gasteiger partial charge in [0.1, 0.15) is 21.8 Å². The van der Waals surface area contributed by atoms with Crippen LogP contribution in [0, 0.1) is 22.7 Å². The normalized spacial score (nSPS) is 15.2. The Hall–Kier alpha value is -3.40. The first-order valence-corrected chi connectivity index (χ1v) is 11.5. The number of carbonyl (C=O) groups is 1. The van der Waals surface area contributed by atoms with Gasteiger partial charge in [-0.2, -0.15) is 10.5 Å². The predicted molar refractivity (Wildman–Crippen MR) is 125 cm³/mol. The highest BCUT2D eigenvalue weighted by molar-refractivity contribution is 7.07. The Morgan fingerprint density at radius 1 is 1.28 bits per heavy atom. The van der Waals surface area contributed by atoms with Crippen molar-refractivity contribution >= 4 is 34.7 Å². The zero-order valence-corrected chi connectivity index (χ0v) is 18.9. The lowest BCUT2D eigenvalue weighted by Crippen LogP contribution is -2.34. The van der Waals surface area contributed by atoms with E-state index in [0.29, 0.717) is 11.1 Å². The van der Waals surface area contributed by atoms with Crippen LogP contribution in [0.2, 0.25) is 0 Å². The van der Waals surface area contributed by atoms with Gasteiger partial charge in [-0.15, -0.1) is 11.3 Å². The van der Waals surface area contributed by atoms with Crippen LogP contribution in [0.15, 0.2) is 29.1 Å². The van der Waals surface area contributed by atoms with Gasteiger partial charge in [0.05, 0.1) is 6.07 Å². The van der Waals surface area contributed by atoms with E-state index < -0.39 is 5.91 Å². The number of likely N-dealkylation sites (tertiary alicyclic amines) is 1. The molecule has 0 spiro atoms. The molecule has 1 amide bonds. The second-order valence-corrected chi connectivity index (χ2v) is 8.47. The molecule has 0 bridgehead atoms. The average Bonchev–Trinajstić information content (AvgIpc) is 3.43. The van der Waals surface area contributed by atoms with Gasteiger partial charge < -0.3 is 15.5 Å². The van der Waals surface area contributed by atoms with E-state index in [0.717, 1.165) is 30.0 Å². The second kappa shape index (κ2) is 11.3. The SMILES string of the molecule is CCn1c(=O)/c(=C\Nc2cccc(CCN3CCCC3)c2)s/c1=C(/C#N)C(=O)NCC#N. The van der Waals surface area contributed by atoms with Gasteiger partial charge in [0, 0.05) is 25.0 Å². The van der Waals surface area contributed by atoms with Crippen LogP contribution < -0.4 is 25.4 Å². The maximum atomic E-state index is 12.8. The van der Waals surface area contributed by atoms with Crippen molar-refractivity contribution in [1.82, 2.24) is 14.8 Å². The number of nitrogens with zero attached hydrogens (tertiary/aromatic N) is 4. The van der Waals surface area contributed by atoms with Gasteiger partial charge >= 0.3 is 0 Å². The largest absolute Gasteiger partial charge is 0.360 e. The molecule has 0 atom stereocenters. The number of hydrogen-bond acceptors (Lipinski definition) is 7. The van der Waals surface area contributed by atoms with Crippen molar-refractivity contribution in [2.24, 2.45) is 0 Å². The summed E-state index contributed by atoms with van der Waals surface area (Å²) in [5.41, 5.74) is 1.65. The van der Waals surface area contributed by atoms with Crippen molar-refractivity contribution in [3.63, 3.8) is 0 Å². The van der Waals surface area contributed by atoms with Gasteiger partial charge in [-0.05, 0) is 57.0 Å². The lowest BCUT2D eigenvalue weighted by molar-refractivity contribution is -0.115. The monoisotopic (exact) mass is 450 g/mol. The number of nitriles is 2. The fourth-order valence-corrected chi connectivity index (χ4v) is 4.74. The summed E-state index contributed by atoms with van der Waals surface area (Å²) in [6.45, 7) is 5.28. The molecule has 1 fully saturated rings. The summed E-state index contributed by atoms with van der Waals surface area (Å²) in [5.74, 6) is -0.664. The average molecular weight is 451 g/mol. The Bertz CT molecular complexity index is 1220. The molecule has 0 aliphatic carbocycles. The summed E-state index contributed by atoms with van der Waals surface area (Å²) in [6.07, 6.45) is 5.14. The van der Waals surface area contributed by atoms with E-state index >= 15 is 0 Å². The van der Waals surface area contributed by atoms with E-state index in [-0.39, 0.29) is 22.3 Å². The highest BCUT2D eigenvalue weighted by atomic mass is 32.1. The molecule has 0 unspecified atom stereocenters. The molecule has 1 aromatic carbocycles. The predicted octanol–water partition coefficient (Wildman–Crippen LogP) is 0.732.